The third-order valence-electron chi connectivity index (χ3n) is 10.0. The number of aliphatic hydroxyl groups excluding tert-OH is 2. The second kappa shape index (κ2) is 9.26. The number of ether oxygens (including phenoxy) is 1. The first-order valence-electron chi connectivity index (χ1n) is 13.3. The van der Waals surface area contributed by atoms with Crippen LogP contribution in [0, 0.1) is 28.6 Å². The third-order valence-corrected chi connectivity index (χ3v) is 10.0. The minimum absolute atomic E-state index is 0.0165. The van der Waals surface area contributed by atoms with E-state index in [0.29, 0.717) is 26.1 Å². The molecule has 1 unspecified atom stereocenters. The van der Waals surface area contributed by atoms with Gasteiger partial charge in [0, 0.05) is 17.3 Å². The molecule has 196 valence electrons. The number of oxime groups is 1. The van der Waals surface area contributed by atoms with Crippen LogP contribution in [-0.2, 0) is 9.63 Å². The Labute approximate surface area is 213 Å². The number of aliphatic hydroxyl groups is 3. The lowest BCUT2D eigenvalue weighted by Gasteiger charge is -2.59. The Balaban J connectivity index is 1.31. The fourth-order valence-electron chi connectivity index (χ4n) is 7.96. The molecule has 3 saturated carbocycles. The van der Waals surface area contributed by atoms with E-state index in [0.717, 1.165) is 36.3 Å². The molecule has 0 aliphatic heterocycles. The molecule has 3 fully saturated rings. The Bertz CT molecular complexity index is 1060. The van der Waals surface area contributed by atoms with E-state index < -0.39 is 28.6 Å². The van der Waals surface area contributed by atoms with E-state index in [1.165, 1.54) is 0 Å². The Hall–Kier alpha value is -2.22. The summed E-state index contributed by atoms with van der Waals surface area (Å²) in [6.07, 6.45) is 3.62. The highest BCUT2D eigenvalue weighted by atomic mass is 16.6. The van der Waals surface area contributed by atoms with Crippen LogP contribution in [0.5, 0.6) is 5.75 Å². The highest BCUT2D eigenvalue weighted by Gasteiger charge is 2.66. The minimum Gasteiger partial charge on any atom is -0.490 e. The van der Waals surface area contributed by atoms with Gasteiger partial charge in [-0.05, 0) is 80.6 Å². The van der Waals surface area contributed by atoms with Crippen molar-refractivity contribution in [2.24, 2.45) is 33.7 Å². The van der Waals surface area contributed by atoms with Crippen molar-refractivity contribution in [1.29, 1.82) is 0 Å². The maximum atomic E-state index is 13.3. The standard InChI is InChI=1S/C29H39NO6/c1-18(30-36-14-13-35-19-7-5-4-6-8-19)20-10-12-29(34)22-15-24(31)23-16-25(32)26(33)17-27(23,2)21(22)9-11-28(20,29)3/h4-8,15,20-21,23,25-26,32-34H,9-14,16-17H2,1-3H3/t20-,21?,23+,25-,26+,27-,28-,29-/m1/s1. The van der Waals surface area contributed by atoms with Crippen molar-refractivity contribution >= 4 is 11.5 Å². The first-order valence-corrected chi connectivity index (χ1v) is 13.3. The predicted octanol–water partition coefficient (Wildman–Crippen LogP) is 3.66. The smallest absolute Gasteiger partial charge is 0.159 e. The summed E-state index contributed by atoms with van der Waals surface area (Å²) >= 11 is 0. The van der Waals surface area contributed by atoms with Crippen LogP contribution in [-0.4, -0.2) is 57.8 Å². The van der Waals surface area contributed by atoms with Crippen molar-refractivity contribution in [2.75, 3.05) is 13.2 Å². The Kier molecular flexibility index (Phi) is 6.54. The van der Waals surface area contributed by atoms with E-state index in [9.17, 15) is 20.1 Å². The van der Waals surface area contributed by atoms with E-state index in [-0.39, 0.29) is 30.0 Å². The highest BCUT2D eigenvalue weighted by Crippen LogP contribution is 2.67. The number of carbonyl (C=O) groups excluding carboxylic acids is 1. The van der Waals surface area contributed by atoms with E-state index >= 15 is 0 Å². The number of rotatable bonds is 6. The number of ketones is 1. The van der Waals surface area contributed by atoms with Crippen LogP contribution < -0.4 is 4.74 Å². The SMILES string of the molecule is CC(=NOCCOc1ccccc1)[C@H]1CC[C@@]2(O)C3=CC(=O)[C@@H]4C[C@@H](O)[C@@H](O)C[C@]4(C)C3CC[C@]12C. The molecule has 0 amide bonds. The molecule has 5 rings (SSSR count). The number of allylic oxidation sites excluding steroid dienone is 1. The normalized spacial score (nSPS) is 42.2. The van der Waals surface area contributed by atoms with Gasteiger partial charge in [0.1, 0.15) is 12.4 Å². The average Bonchev–Trinajstić information content (AvgIpc) is 3.13. The number of carbonyl (C=O) groups is 1. The predicted molar refractivity (Wildman–Crippen MR) is 135 cm³/mol. The molecule has 4 aliphatic rings. The van der Waals surface area contributed by atoms with Crippen LogP contribution in [0.3, 0.4) is 0 Å². The summed E-state index contributed by atoms with van der Waals surface area (Å²) in [5.41, 5.74) is -0.327. The summed E-state index contributed by atoms with van der Waals surface area (Å²) in [4.78, 5) is 18.8. The molecule has 3 N–H and O–H groups in total. The monoisotopic (exact) mass is 497 g/mol. The van der Waals surface area contributed by atoms with Crippen molar-refractivity contribution in [1.82, 2.24) is 0 Å². The molecule has 7 nitrogen and oxygen atoms in total. The third kappa shape index (κ3) is 3.91. The maximum Gasteiger partial charge on any atom is 0.159 e. The molecule has 0 radical (unpaired) electrons. The summed E-state index contributed by atoms with van der Waals surface area (Å²) in [5.74, 6) is 0.507. The molecule has 0 spiro atoms. The largest absolute Gasteiger partial charge is 0.490 e. The van der Waals surface area contributed by atoms with E-state index in [4.69, 9.17) is 9.57 Å². The van der Waals surface area contributed by atoms with Gasteiger partial charge < -0.3 is 24.9 Å². The van der Waals surface area contributed by atoms with E-state index in [1.807, 2.05) is 37.3 Å². The topological polar surface area (TPSA) is 109 Å². The van der Waals surface area contributed by atoms with Gasteiger partial charge in [0.2, 0.25) is 0 Å². The van der Waals surface area contributed by atoms with Crippen LogP contribution in [0.25, 0.3) is 0 Å². The van der Waals surface area contributed by atoms with E-state index in [1.54, 1.807) is 6.08 Å². The van der Waals surface area contributed by atoms with Gasteiger partial charge in [0.25, 0.3) is 0 Å². The fourth-order valence-corrected chi connectivity index (χ4v) is 7.96. The molecule has 1 aromatic rings. The molecule has 36 heavy (non-hydrogen) atoms. The van der Waals surface area contributed by atoms with Crippen LogP contribution in [0.15, 0.2) is 47.1 Å². The van der Waals surface area contributed by atoms with Gasteiger partial charge in [0.05, 0.1) is 23.5 Å². The van der Waals surface area contributed by atoms with Gasteiger partial charge >= 0.3 is 0 Å². The van der Waals surface area contributed by atoms with Gasteiger partial charge in [0.15, 0.2) is 12.4 Å². The van der Waals surface area contributed by atoms with E-state index in [2.05, 4.69) is 19.0 Å². The number of para-hydroxylation sites is 1. The number of hydrogen-bond donors (Lipinski definition) is 3. The lowest BCUT2D eigenvalue weighted by molar-refractivity contribution is -0.151. The Morgan fingerprint density at radius 1 is 1.06 bits per heavy atom. The van der Waals surface area contributed by atoms with Crippen LogP contribution >= 0.6 is 0 Å². The molecule has 8 atom stereocenters. The fraction of sp³-hybridized carbons (Fsp3) is 0.655. The molecule has 7 heteroatoms. The average molecular weight is 498 g/mol. The molecule has 0 bridgehead atoms. The van der Waals surface area contributed by atoms with Gasteiger partial charge in [-0.15, -0.1) is 0 Å². The minimum atomic E-state index is -1.10. The second-order valence-electron chi connectivity index (χ2n) is 11.8. The zero-order valence-corrected chi connectivity index (χ0v) is 21.5. The van der Waals surface area contributed by atoms with Crippen LogP contribution in [0.1, 0.15) is 59.3 Å². The summed E-state index contributed by atoms with van der Waals surface area (Å²) < 4.78 is 5.66. The highest BCUT2D eigenvalue weighted by molar-refractivity contribution is 5.95. The van der Waals surface area contributed by atoms with Gasteiger partial charge in [-0.2, -0.15) is 0 Å². The molecule has 1 aromatic carbocycles. The lowest BCUT2D eigenvalue weighted by atomic mass is 9.46. The first kappa shape index (κ1) is 25.4. The summed E-state index contributed by atoms with van der Waals surface area (Å²) in [6.45, 7) is 6.87. The Morgan fingerprint density at radius 3 is 2.56 bits per heavy atom. The number of benzene rings is 1. The van der Waals surface area contributed by atoms with Crippen LogP contribution in [0.4, 0.5) is 0 Å². The maximum absolute atomic E-state index is 13.3. The zero-order valence-electron chi connectivity index (χ0n) is 21.5. The van der Waals surface area contributed by atoms with Crippen molar-refractivity contribution in [3.05, 3.63) is 42.0 Å². The van der Waals surface area contributed by atoms with Crippen LogP contribution in [0.2, 0.25) is 0 Å². The molecular weight excluding hydrogens is 458 g/mol. The van der Waals surface area contributed by atoms with Crippen molar-refractivity contribution in [3.63, 3.8) is 0 Å². The second-order valence-corrected chi connectivity index (χ2v) is 11.8. The quantitative estimate of drug-likeness (QED) is 0.314. The van der Waals surface area contributed by atoms with Crippen molar-refractivity contribution < 1.29 is 29.7 Å². The molecule has 0 aromatic heterocycles. The molecule has 0 saturated heterocycles. The van der Waals surface area contributed by atoms with Crippen molar-refractivity contribution in [3.8, 4) is 5.75 Å². The van der Waals surface area contributed by atoms with Gasteiger partial charge in [-0.1, -0.05) is 37.2 Å². The molecular formula is C29H39NO6. The first-order chi connectivity index (χ1) is 17.1. The summed E-state index contributed by atoms with van der Waals surface area (Å²) in [5, 5.41) is 37.3. The molecule has 0 heterocycles. The Morgan fingerprint density at radius 2 is 1.81 bits per heavy atom. The molecule has 4 aliphatic carbocycles. The van der Waals surface area contributed by atoms with Gasteiger partial charge in [-0.3, -0.25) is 4.79 Å². The van der Waals surface area contributed by atoms with Gasteiger partial charge in [-0.25, -0.2) is 0 Å². The summed E-state index contributed by atoms with van der Waals surface area (Å²) in [7, 11) is 0. The summed E-state index contributed by atoms with van der Waals surface area (Å²) in [6, 6.07) is 9.58. The number of hydrogen-bond acceptors (Lipinski definition) is 7. The number of fused-ring (bicyclic) bond motifs is 5. The zero-order chi connectivity index (χ0) is 25.7. The lowest BCUT2D eigenvalue weighted by Crippen LogP contribution is -2.60. The number of nitrogens with zero attached hydrogens (tertiary/aromatic N) is 1. The van der Waals surface area contributed by atoms with Crippen molar-refractivity contribution in [2.45, 2.75) is 77.1 Å².